The van der Waals surface area contributed by atoms with Crippen LogP contribution in [-0.4, -0.2) is 53.7 Å². The summed E-state index contributed by atoms with van der Waals surface area (Å²) in [5.41, 5.74) is 8.20. The van der Waals surface area contributed by atoms with Gasteiger partial charge in [0.2, 0.25) is 0 Å². The Kier molecular flexibility index (Phi) is 7.25. The maximum absolute atomic E-state index is 13.2. The molecule has 1 aliphatic rings. The van der Waals surface area contributed by atoms with Crippen LogP contribution in [0, 0.1) is 18.3 Å². The van der Waals surface area contributed by atoms with Crippen molar-refractivity contribution < 1.29 is 18.3 Å². The van der Waals surface area contributed by atoms with E-state index in [1.54, 1.807) is 54.5 Å². The highest BCUT2D eigenvalue weighted by molar-refractivity contribution is 5.66. The van der Waals surface area contributed by atoms with E-state index in [1.165, 1.54) is 0 Å². The normalized spacial score (nSPS) is 15.9. The number of nitrogens with zero attached hydrogens (tertiary/aromatic N) is 5. The number of anilines is 1. The number of nitrogens with two attached hydrogens (primary N) is 1. The van der Waals surface area contributed by atoms with Crippen LogP contribution in [0.2, 0.25) is 0 Å². The van der Waals surface area contributed by atoms with Crippen molar-refractivity contribution in [2.75, 3.05) is 31.1 Å². The van der Waals surface area contributed by atoms with Crippen molar-refractivity contribution in [1.29, 1.82) is 5.26 Å². The molecule has 3 heterocycles. The highest BCUT2D eigenvalue weighted by Crippen LogP contribution is 2.34. The standard InChI is InChI=1S/C24H24F2N6O2/c1-15-8-18(10-22(31-15)32-6-7-33-21(14-32)23(25)26)34-20-9-16(11-28)2-3-19(20)24-29-12-17(4-5-27)13-30-24/h2-3,8-10,12-13,21,23H,4-7,14,27H2,1H3/t21-/m1/s1. The molecule has 1 saturated heterocycles. The van der Waals surface area contributed by atoms with Gasteiger partial charge in [0.15, 0.2) is 5.82 Å². The molecule has 0 spiro atoms. The molecule has 2 aromatic heterocycles. The summed E-state index contributed by atoms with van der Waals surface area (Å²) in [6.07, 6.45) is 0.354. The minimum atomic E-state index is -2.57. The first-order chi connectivity index (χ1) is 16.5. The molecule has 1 atom stereocenters. The van der Waals surface area contributed by atoms with E-state index in [9.17, 15) is 14.0 Å². The van der Waals surface area contributed by atoms with Crippen LogP contribution >= 0.6 is 0 Å². The van der Waals surface area contributed by atoms with Gasteiger partial charge in [-0.2, -0.15) is 5.26 Å². The van der Waals surface area contributed by atoms with Crippen LogP contribution in [0.5, 0.6) is 11.5 Å². The van der Waals surface area contributed by atoms with Crippen LogP contribution in [0.25, 0.3) is 11.4 Å². The van der Waals surface area contributed by atoms with Crippen LogP contribution in [0.4, 0.5) is 14.6 Å². The number of aryl methyl sites for hydroxylation is 1. The number of hydrogen-bond donors (Lipinski definition) is 1. The molecule has 0 radical (unpaired) electrons. The van der Waals surface area contributed by atoms with E-state index < -0.39 is 12.5 Å². The van der Waals surface area contributed by atoms with Gasteiger partial charge in [0.05, 0.1) is 30.3 Å². The van der Waals surface area contributed by atoms with Gasteiger partial charge in [-0.15, -0.1) is 0 Å². The van der Waals surface area contributed by atoms with Gasteiger partial charge in [-0.25, -0.2) is 23.7 Å². The van der Waals surface area contributed by atoms with Crippen molar-refractivity contribution in [3.05, 3.63) is 59.5 Å². The Hall–Kier alpha value is -3.68. The van der Waals surface area contributed by atoms with E-state index in [0.29, 0.717) is 59.5 Å². The fourth-order valence-electron chi connectivity index (χ4n) is 3.65. The van der Waals surface area contributed by atoms with Crippen molar-refractivity contribution in [2.24, 2.45) is 5.73 Å². The highest BCUT2D eigenvalue weighted by atomic mass is 19.3. The number of pyridine rings is 1. The predicted octanol–water partition coefficient (Wildman–Crippen LogP) is 3.48. The Labute approximate surface area is 196 Å². The van der Waals surface area contributed by atoms with Gasteiger partial charge < -0.3 is 20.1 Å². The first-order valence-corrected chi connectivity index (χ1v) is 10.8. The van der Waals surface area contributed by atoms with E-state index in [1.807, 2.05) is 0 Å². The lowest BCUT2D eigenvalue weighted by atomic mass is 10.1. The molecular weight excluding hydrogens is 442 g/mol. The fourth-order valence-corrected chi connectivity index (χ4v) is 3.65. The third-order valence-corrected chi connectivity index (χ3v) is 5.33. The molecular formula is C24H24F2N6O2. The molecule has 2 N–H and O–H groups in total. The van der Waals surface area contributed by atoms with Crippen molar-refractivity contribution in [2.45, 2.75) is 25.9 Å². The third-order valence-electron chi connectivity index (χ3n) is 5.33. The quantitative estimate of drug-likeness (QED) is 0.564. The van der Waals surface area contributed by atoms with Crippen molar-refractivity contribution in [3.8, 4) is 29.0 Å². The molecule has 1 aromatic carbocycles. The van der Waals surface area contributed by atoms with Crippen molar-refractivity contribution in [1.82, 2.24) is 15.0 Å². The number of alkyl halides is 2. The molecule has 0 aliphatic carbocycles. The van der Waals surface area contributed by atoms with Gasteiger partial charge in [-0.3, -0.25) is 0 Å². The first-order valence-electron chi connectivity index (χ1n) is 10.8. The number of morpholine rings is 1. The highest BCUT2D eigenvalue weighted by Gasteiger charge is 2.29. The first kappa shape index (κ1) is 23.5. The Balaban J connectivity index is 1.65. The molecule has 1 fully saturated rings. The summed E-state index contributed by atoms with van der Waals surface area (Å²) in [5, 5.41) is 9.37. The van der Waals surface area contributed by atoms with Crippen LogP contribution in [0.1, 0.15) is 16.8 Å². The number of halogens is 2. The van der Waals surface area contributed by atoms with Crippen molar-refractivity contribution >= 4 is 5.82 Å². The molecule has 0 saturated carbocycles. The number of aromatic nitrogens is 3. The van der Waals surface area contributed by atoms with Gasteiger partial charge in [-0.1, -0.05) is 0 Å². The predicted molar refractivity (Wildman–Crippen MR) is 122 cm³/mol. The molecule has 10 heteroatoms. The summed E-state index contributed by atoms with van der Waals surface area (Å²) in [5.74, 6) is 1.82. The van der Waals surface area contributed by atoms with Crippen LogP contribution in [0.15, 0.2) is 42.7 Å². The Bertz CT molecular complexity index is 1180. The minimum absolute atomic E-state index is 0.0334. The third kappa shape index (κ3) is 5.44. The summed E-state index contributed by atoms with van der Waals surface area (Å²) in [4.78, 5) is 15.1. The maximum Gasteiger partial charge on any atom is 0.266 e. The molecule has 176 valence electrons. The number of benzene rings is 1. The smallest absolute Gasteiger partial charge is 0.266 e. The van der Waals surface area contributed by atoms with Gasteiger partial charge in [0.25, 0.3) is 6.43 Å². The second kappa shape index (κ2) is 10.5. The summed E-state index contributed by atoms with van der Waals surface area (Å²) in [7, 11) is 0. The molecule has 4 rings (SSSR count). The van der Waals surface area contributed by atoms with Gasteiger partial charge in [0.1, 0.15) is 23.4 Å². The lowest BCUT2D eigenvalue weighted by Crippen LogP contribution is -2.46. The summed E-state index contributed by atoms with van der Waals surface area (Å²) in [6, 6.07) is 10.5. The van der Waals surface area contributed by atoms with E-state index in [-0.39, 0.29) is 13.2 Å². The van der Waals surface area contributed by atoms with E-state index in [2.05, 4.69) is 21.0 Å². The van der Waals surface area contributed by atoms with E-state index in [0.717, 1.165) is 5.56 Å². The van der Waals surface area contributed by atoms with Crippen LogP contribution < -0.4 is 15.4 Å². The summed E-state index contributed by atoms with van der Waals surface area (Å²) < 4.78 is 37.7. The molecule has 0 bridgehead atoms. The molecule has 34 heavy (non-hydrogen) atoms. The largest absolute Gasteiger partial charge is 0.456 e. The monoisotopic (exact) mass is 466 g/mol. The van der Waals surface area contributed by atoms with E-state index in [4.69, 9.17) is 15.2 Å². The fraction of sp³-hybridized carbons (Fsp3) is 0.333. The molecule has 3 aromatic rings. The molecule has 1 aliphatic heterocycles. The number of ether oxygens (including phenoxy) is 2. The number of rotatable bonds is 7. The van der Waals surface area contributed by atoms with Gasteiger partial charge >= 0.3 is 0 Å². The van der Waals surface area contributed by atoms with E-state index >= 15 is 0 Å². The lowest BCUT2D eigenvalue weighted by Gasteiger charge is -2.33. The number of nitriles is 1. The average Bonchev–Trinajstić information content (AvgIpc) is 2.84. The molecule has 0 unspecified atom stereocenters. The molecule has 8 nitrogen and oxygen atoms in total. The maximum atomic E-state index is 13.2. The average molecular weight is 466 g/mol. The Morgan fingerprint density at radius 2 is 2.06 bits per heavy atom. The SMILES string of the molecule is Cc1cc(Oc2cc(C#N)ccc2-c2ncc(CCN)cn2)cc(N2CCO[C@@H](C(F)F)C2)n1. The zero-order valence-corrected chi connectivity index (χ0v) is 18.6. The second-order valence-corrected chi connectivity index (χ2v) is 7.87. The molecule has 0 amide bonds. The topological polar surface area (TPSA) is 110 Å². The van der Waals surface area contributed by atoms with Crippen LogP contribution in [-0.2, 0) is 11.2 Å². The van der Waals surface area contributed by atoms with Gasteiger partial charge in [-0.05, 0) is 43.7 Å². The second-order valence-electron chi connectivity index (χ2n) is 7.87. The Morgan fingerprint density at radius 3 is 2.76 bits per heavy atom. The van der Waals surface area contributed by atoms with Gasteiger partial charge in [0, 0.05) is 36.8 Å². The summed E-state index contributed by atoms with van der Waals surface area (Å²) in [6.45, 7) is 2.96. The Morgan fingerprint density at radius 1 is 1.26 bits per heavy atom. The van der Waals surface area contributed by atoms with Crippen molar-refractivity contribution in [3.63, 3.8) is 0 Å². The van der Waals surface area contributed by atoms with Crippen LogP contribution in [0.3, 0.4) is 0 Å². The lowest BCUT2D eigenvalue weighted by molar-refractivity contribution is -0.0615. The zero-order chi connectivity index (χ0) is 24.1. The number of hydrogen-bond acceptors (Lipinski definition) is 8. The minimum Gasteiger partial charge on any atom is -0.456 e. The summed E-state index contributed by atoms with van der Waals surface area (Å²) >= 11 is 0. The zero-order valence-electron chi connectivity index (χ0n) is 18.6.